The van der Waals surface area contributed by atoms with Gasteiger partial charge in [0.15, 0.2) is 5.69 Å². The molecular weight excluding hydrogens is 254 g/mol. The predicted molar refractivity (Wildman–Crippen MR) is 66.4 cm³/mol. The fourth-order valence-electron chi connectivity index (χ4n) is 1.79. The summed E-state index contributed by atoms with van der Waals surface area (Å²) in [4.78, 5) is 22.0. The zero-order chi connectivity index (χ0) is 13.0. The minimum Gasteiger partial charge on any atom is -0.341 e. The Morgan fingerprint density at radius 1 is 1.56 bits per heavy atom. The van der Waals surface area contributed by atoms with Crippen molar-refractivity contribution < 1.29 is 4.79 Å². The summed E-state index contributed by atoms with van der Waals surface area (Å²) in [5.41, 5.74) is 0.115. The second kappa shape index (κ2) is 5.65. The van der Waals surface area contributed by atoms with E-state index < -0.39 is 5.91 Å². The smallest absolute Gasteiger partial charge is 0.272 e. The molecule has 0 atom stereocenters. The molecule has 0 radical (unpaired) electrons. The van der Waals surface area contributed by atoms with Crippen molar-refractivity contribution in [2.24, 2.45) is 0 Å². The predicted octanol–water partition coefficient (Wildman–Crippen LogP) is 0.984. The molecular formula is C11H12ClN5O. The topological polar surface area (TPSA) is 81.9 Å². The van der Waals surface area contributed by atoms with Gasteiger partial charge in [-0.2, -0.15) is 5.26 Å². The summed E-state index contributed by atoms with van der Waals surface area (Å²) in [5, 5.41) is 11.0. The maximum atomic E-state index is 11.7. The highest BCUT2D eigenvalue weighted by molar-refractivity contribution is 6.33. The first kappa shape index (κ1) is 12.6. The van der Waals surface area contributed by atoms with E-state index in [1.165, 1.54) is 6.20 Å². The second-order valence-corrected chi connectivity index (χ2v) is 4.31. The number of carbonyl (C=O) groups is 1. The van der Waals surface area contributed by atoms with Gasteiger partial charge in [0.25, 0.3) is 5.91 Å². The van der Waals surface area contributed by atoms with Gasteiger partial charge in [-0.25, -0.2) is 9.97 Å². The summed E-state index contributed by atoms with van der Waals surface area (Å²) >= 11 is 5.89. The number of rotatable bonds is 3. The van der Waals surface area contributed by atoms with Crippen LogP contribution >= 0.6 is 11.6 Å². The Kier molecular flexibility index (Phi) is 3.95. The van der Waals surface area contributed by atoms with Crippen LogP contribution in [-0.4, -0.2) is 35.5 Å². The molecule has 0 unspecified atom stereocenters. The summed E-state index contributed by atoms with van der Waals surface area (Å²) in [6.45, 7) is 1.71. The van der Waals surface area contributed by atoms with E-state index >= 15 is 0 Å². The lowest BCUT2D eigenvalue weighted by Gasteiger charge is -2.15. The van der Waals surface area contributed by atoms with E-state index in [2.05, 4.69) is 15.3 Å². The second-order valence-electron chi connectivity index (χ2n) is 3.90. The van der Waals surface area contributed by atoms with Crippen molar-refractivity contribution in [3.05, 3.63) is 16.9 Å². The van der Waals surface area contributed by atoms with Crippen molar-refractivity contribution in [1.29, 1.82) is 5.26 Å². The van der Waals surface area contributed by atoms with Crippen LogP contribution in [-0.2, 0) is 0 Å². The first-order valence-electron chi connectivity index (χ1n) is 5.65. The number of halogens is 1. The summed E-state index contributed by atoms with van der Waals surface area (Å²) < 4.78 is 0. The van der Waals surface area contributed by atoms with Gasteiger partial charge in [-0.1, -0.05) is 11.6 Å². The number of nitrogens with one attached hydrogen (secondary N) is 1. The third kappa shape index (κ3) is 2.68. The molecule has 0 bridgehead atoms. The van der Waals surface area contributed by atoms with Gasteiger partial charge >= 0.3 is 0 Å². The molecule has 0 aromatic carbocycles. The van der Waals surface area contributed by atoms with Crippen LogP contribution < -0.4 is 10.2 Å². The van der Waals surface area contributed by atoms with E-state index in [0.717, 1.165) is 25.9 Å². The quantitative estimate of drug-likeness (QED) is 0.824. The highest BCUT2D eigenvalue weighted by Gasteiger charge is 2.19. The van der Waals surface area contributed by atoms with Crippen molar-refractivity contribution in [2.75, 3.05) is 24.5 Å². The molecule has 94 valence electrons. The van der Waals surface area contributed by atoms with Gasteiger partial charge in [0, 0.05) is 13.1 Å². The molecule has 2 heterocycles. The molecule has 1 N–H and O–H groups in total. The lowest BCUT2D eigenvalue weighted by molar-refractivity contribution is 0.0953. The zero-order valence-corrected chi connectivity index (χ0v) is 10.4. The SMILES string of the molecule is N#CCNC(=O)c1nc(N2CCCC2)ncc1Cl. The minimum atomic E-state index is -0.454. The van der Waals surface area contributed by atoms with Crippen molar-refractivity contribution in [3.8, 4) is 6.07 Å². The van der Waals surface area contributed by atoms with E-state index in [1.54, 1.807) is 0 Å². The van der Waals surface area contributed by atoms with E-state index in [0.29, 0.717) is 5.95 Å². The van der Waals surface area contributed by atoms with Gasteiger partial charge in [-0.05, 0) is 12.8 Å². The normalized spacial score (nSPS) is 14.3. The number of amides is 1. The van der Waals surface area contributed by atoms with E-state index in [1.807, 2.05) is 11.0 Å². The van der Waals surface area contributed by atoms with Crippen LogP contribution in [0.5, 0.6) is 0 Å². The van der Waals surface area contributed by atoms with Crippen LogP contribution in [0.15, 0.2) is 6.20 Å². The molecule has 0 saturated carbocycles. The van der Waals surface area contributed by atoms with Gasteiger partial charge in [0.2, 0.25) is 5.95 Å². The average molecular weight is 266 g/mol. The van der Waals surface area contributed by atoms with Gasteiger partial charge in [0.05, 0.1) is 17.3 Å². The Labute approximate surface area is 110 Å². The number of hydrogen-bond acceptors (Lipinski definition) is 5. The lowest BCUT2D eigenvalue weighted by Crippen LogP contribution is -2.27. The summed E-state index contributed by atoms with van der Waals surface area (Å²) in [6.07, 6.45) is 3.62. The molecule has 0 spiro atoms. The Morgan fingerprint density at radius 2 is 2.28 bits per heavy atom. The minimum absolute atomic E-state index is 0.0712. The first-order valence-corrected chi connectivity index (χ1v) is 6.03. The lowest BCUT2D eigenvalue weighted by atomic mass is 10.3. The molecule has 1 amide bonds. The number of anilines is 1. The van der Waals surface area contributed by atoms with Crippen LogP contribution in [0, 0.1) is 11.3 Å². The molecule has 1 fully saturated rings. The van der Waals surface area contributed by atoms with E-state index in [4.69, 9.17) is 16.9 Å². The molecule has 6 nitrogen and oxygen atoms in total. The van der Waals surface area contributed by atoms with Gasteiger partial charge in [0.1, 0.15) is 6.54 Å². The number of nitriles is 1. The van der Waals surface area contributed by atoms with E-state index in [-0.39, 0.29) is 17.3 Å². The number of aromatic nitrogens is 2. The number of nitrogens with zero attached hydrogens (tertiary/aromatic N) is 4. The van der Waals surface area contributed by atoms with Crippen LogP contribution in [0.25, 0.3) is 0 Å². The fraction of sp³-hybridized carbons (Fsp3) is 0.455. The fourth-order valence-corrected chi connectivity index (χ4v) is 1.97. The van der Waals surface area contributed by atoms with Crippen molar-refractivity contribution >= 4 is 23.5 Å². The largest absolute Gasteiger partial charge is 0.341 e. The summed E-state index contributed by atoms with van der Waals surface area (Å²) in [7, 11) is 0. The third-order valence-electron chi connectivity index (χ3n) is 2.66. The molecule has 1 aliphatic rings. The molecule has 7 heteroatoms. The Hall–Kier alpha value is -1.87. The number of hydrogen-bond donors (Lipinski definition) is 1. The van der Waals surface area contributed by atoms with Crippen LogP contribution in [0.3, 0.4) is 0 Å². The molecule has 0 aliphatic carbocycles. The molecule has 2 rings (SSSR count). The summed E-state index contributed by atoms with van der Waals surface area (Å²) in [6, 6.07) is 1.83. The number of carbonyl (C=O) groups excluding carboxylic acids is 1. The molecule has 1 aliphatic heterocycles. The highest BCUT2D eigenvalue weighted by atomic mass is 35.5. The maximum Gasteiger partial charge on any atom is 0.272 e. The third-order valence-corrected chi connectivity index (χ3v) is 2.94. The average Bonchev–Trinajstić information content (AvgIpc) is 2.90. The first-order chi connectivity index (χ1) is 8.72. The Bertz CT molecular complexity index is 493. The van der Waals surface area contributed by atoms with Crippen molar-refractivity contribution in [3.63, 3.8) is 0 Å². The molecule has 1 aromatic rings. The van der Waals surface area contributed by atoms with Gasteiger partial charge in [-0.3, -0.25) is 4.79 Å². The Morgan fingerprint density at radius 3 is 2.94 bits per heavy atom. The Balaban J connectivity index is 2.21. The van der Waals surface area contributed by atoms with Crippen LogP contribution in [0.4, 0.5) is 5.95 Å². The molecule has 1 aromatic heterocycles. The molecule has 1 saturated heterocycles. The van der Waals surface area contributed by atoms with Gasteiger partial charge < -0.3 is 10.2 Å². The van der Waals surface area contributed by atoms with Crippen molar-refractivity contribution in [1.82, 2.24) is 15.3 Å². The monoisotopic (exact) mass is 265 g/mol. The van der Waals surface area contributed by atoms with Crippen LogP contribution in [0.2, 0.25) is 5.02 Å². The maximum absolute atomic E-state index is 11.7. The zero-order valence-electron chi connectivity index (χ0n) is 9.69. The standard InChI is InChI=1S/C11H12ClN5O/c12-8-7-15-11(17-5-1-2-6-17)16-9(8)10(18)14-4-3-13/h7H,1-2,4-6H2,(H,14,18). The van der Waals surface area contributed by atoms with E-state index in [9.17, 15) is 4.79 Å². The van der Waals surface area contributed by atoms with Crippen molar-refractivity contribution in [2.45, 2.75) is 12.8 Å². The summed E-state index contributed by atoms with van der Waals surface area (Å²) in [5.74, 6) is 0.0587. The molecule has 18 heavy (non-hydrogen) atoms. The van der Waals surface area contributed by atoms with Gasteiger partial charge in [-0.15, -0.1) is 0 Å². The van der Waals surface area contributed by atoms with Crippen LogP contribution in [0.1, 0.15) is 23.3 Å². The highest BCUT2D eigenvalue weighted by Crippen LogP contribution is 2.19.